The Labute approximate surface area is 127 Å². The Balaban J connectivity index is 1.56. The third kappa shape index (κ3) is 3.09. The minimum absolute atomic E-state index is 0.0649. The van der Waals surface area contributed by atoms with Gasteiger partial charge >= 0.3 is 5.97 Å². The third-order valence-electron chi connectivity index (χ3n) is 3.21. The second kappa shape index (κ2) is 6.30. The van der Waals surface area contributed by atoms with Gasteiger partial charge in [0.25, 0.3) is 0 Å². The maximum atomic E-state index is 12.0. The lowest BCUT2D eigenvalue weighted by molar-refractivity contribution is -0.153. The van der Waals surface area contributed by atoms with Gasteiger partial charge in [0.15, 0.2) is 23.9 Å². The van der Waals surface area contributed by atoms with E-state index in [0.29, 0.717) is 17.1 Å². The predicted molar refractivity (Wildman–Crippen MR) is 78.1 cm³/mol. The van der Waals surface area contributed by atoms with Crippen LogP contribution in [0, 0.1) is 0 Å². The van der Waals surface area contributed by atoms with Crippen LogP contribution in [0.1, 0.15) is 10.4 Å². The average molecular weight is 298 g/mol. The van der Waals surface area contributed by atoms with Crippen molar-refractivity contribution in [3.8, 4) is 11.5 Å². The Bertz CT molecular complexity index is 680. The van der Waals surface area contributed by atoms with E-state index < -0.39 is 12.1 Å². The van der Waals surface area contributed by atoms with Gasteiger partial charge in [-0.05, 0) is 12.1 Å². The van der Waals surface area contributed by atoms with Gasteiger partial charge < -0.3 is 14.2 Å². The van der Waals surface area contributed by atoms with E-state index in [1.807, 2.05) is 12.1 Å². The van der Waals surface area contributed by atoms with Gasteiger partial charge in [-0.25, -0.2) is 4.79 Å². The Morgan fingerprint density at radius 1 is 1.00 bits per heavy atom. The van der Waals surface area contributed by atoms with E-state index in [1.54, 1.807) is 42.5 Å². The van der Waals surface area contributed by atoms with Crippen LogP contribution >= 0.6 is 0 Å². The number of para-hydroxylation sites is 2. The van der Waals surface area contributed by atoms with Crippen molar-refractivity contribution < 1.29 is 23.8 Å². The van der Waals surface area contributed by atoms with Gasteiger partial charge in [-0.2, -0.15) is 0 Å². The van der Waals surface area contributed by atoms with Crippen molar-refractivity contribution in [1.82, 2.24) is 0 Å². The Morgan fingerprint density at radius 3 is 2.45 bits per heavy atom. The van der Waals surface area contributed by atoms with Crippen molar-refractivity contribution in [3.63, 3.8) is 0 Å². The van der Waals surface area contributed by atoms with Gasteiger partial charge in [-0.15, -0.1) is 0 Å². The summed E-state index contributed by atoms with van der Waals surface area (Å²) in [5, 5.41) is 0. The summed E-state index contributed by atoms with van der Waals surface area (Å²) in [5.74, 6) is 0.210. The summed E-state index contributed by atoms with van der Waals surface area (Å²) in [6.45, 7) is -0.250. The fourth-order valence-electron chi connectivity index (χ4n) is 2.07. The molecule has 0 spiro atoms. The van der Waals surface area contributed by atoms with E-state index >= 15 is 0 Å². The van der Waals surface area contributed by atoms with Gasteiger partial charge in [0.2, 0.25) is 6.10 Å². The summed E-state index contributed by atoms with van der Waals surface area (Å²) in [6.07, 6.45) is -0.863. The molecule has 0 saturated heterocycles. The topological polar surface area (TPSA) is 61.8 Å². The average Bonchev–Trinajstić information content (AvgIpc) is 2.59. The van der Waals surface area contributed by atoms with Crippen LogP contribution in [0.25, 0.3) is 0 Å². The lowest BCUT2D eigenvalue weighted by atomic mass is 10.1. The Morgan fingerprint density at radius 2 is 1.68 bits per heavy atom. The zero-order chi connectivity index (χ0) is 15.4. The molecule has 0 N–H and O–H groups in total. The highest BCUT2D eigenvalue weighted by Crippen LogP contribution is 2.31. The number of rotatable bonds is 4. The number of hydrogen-bond donors (Lipinski definition) is 0. The standard InChI is InChI=1S/C17H14O5/c18-13(12-6-2-1-3-7-12)10-21-17(19)16-11-20-14-8-4-5-9-15(14)22-16/h1-9,16H,10-11H2/t16-/m1/s1. The lowest BCUT2D eigenvalue weighted by Gasteiger charge is -2.24. The van der Waals surface area contributed by atoms with Crippen LogP contribution < -0.4 is 9.47 Å². The molecule has 1 aliphatic rings. The van der Waals surface area contributed by atoms with Crippen LogP contribution in [0.4, 0.5) is 0 Å². The summed E-state index contributed by atoms with van der Waals surface area (Å²) in [5.41, 5.74) is 0.501. The molecule has 112 valence electrons. The first-order valence-electron chi connectivity index (χ1n) is 6.87. The van der Waals surface area contributed by atoms with Crippen LogP contribution in [-0.4, -0.2) is 31.1 Å². The van der Waals surface area contributed by atoms with E-state index in [4.69, 9.17) is 14.2 Å². The monoisotopic (exact) mass is 298 g/mol. The maximum absolute atomic E-state index is 12.0. The number of benzene rings is 2. The molecule has 2 aromatic rings. The van der Waals surface area contributed by atoms with Gasteiger partial charge in [0, 0.05) is 5.56 Å². The first-order valence-corrected chi connectivity index (χ1v) is 6.87. The zero-order valence-corrected chi connectivity index (χ0v) is 11.7. The van der Waals surface area contributed by atoms with Crippen molar-refractivity contribution >= 4 is 11.8 Å². The number of carbonyl (C=O) groups is 2. The van der Waals surface area contributed by atoms with Crippen molar-refractivity contribution in [3.05, 3.63) is 60.2 Å². The SMILES string of the molecule is O=C(COC(=O)[C@H]1COc2ccccc2O1)c1ccccc1. The molecular weight excluding hydrogens is 284 g/mol. The molecule has 5 heteroatoms. The number of hydrogen-bond acceptors (Lipinski definition) is 5. The molecule has 1 atom stereocenters. The molecule has 0 aromatic heterocycles. The van der Waals surface area contributed by atoms with Gasteiger partial charge in [0.05, 0.1) is 0 Å². The van der Waals surface area contributed by atoms with Crippen LogP contribution in [0.3, 0.4) is 0 Å². The summed E-state index contributed by atoms with van der Waals surface area (Å²) < 4.78 is 16.0. The minimum atomic E-state index is -0.863. The largest absolute Gasteiger partial charge is 0.485 e. The van der Waals surface area contributed by atoms with E-state index in [0.717, 1.165) is 0 Å². The molecule has 2 aromatic carbocycles. The number of esters is 1. The van der Waals surface area contributed by atoms with Crippen LogP contribution in [0.15, 0.2) is 54.6 Å². The van der Waals surface area contributed by atoms with Gasteiger partial charge in [-0.3, -0.25) is 4.79 Å². The highest BCUT2D eigenvalue weighted by molar-refractivity contribution is 5.98. The molecule has 1 heterocycles. The van der Waals surface area contributed by atoms with E-state index in [1.165, 1.54) is 0 Å². The number of carbonyl (C=O) groups excluding carboxylic acids is 2. The highest BCUT2D eigenvalue weighted by atomic mass is 16.6. The van der Waals surface area contributed by atoms with E-state index in [2.05, 4.69) is 0 Å². The molecule has 0 unspecified atom stereocenters. The smallest absolute Gasteiger partial charge is 0.351 e. The van der Waals surface area contributed by atoms with Crippen molar-refractivity contribution in [2.45, 2.75) is 6.10 Å². The normalized spacial score (nSPS) is 15.9. The molecule has 0 bridgehead atoms. The van der Waals surface area contributed by atoms with Crippen molar-refractivity contribution in [2.75, 3.05) is 13.2 Å². The predicted octanol–water partition coefficient (Wildman–Crippen LogP) is 2.25. The molecule has 1 aliphatic heterocycles. The van der Waals surface area contributed by atoms with Crippen molar-refractivity contribution in [1.29, 1.82) is 0 Å². The second-order valence-electron chi connectivity index (χ2n) is 4.76. The van der Waals surface area contributed by atoms with E-state index in [9.17, 15) is 9.59 Å². The van der Waals surface area contributed by atoms with Crippen LogP contribution in [0.2, 0.25) is 0 Å². The number of ether oxygens (including phenoxy) is 3. The van der Waals surface area contributed by atoms with Gasteiger partial charge in [0.1, 0.15) is 6.61 Å². The fourth-order valence-corrected chi connectivity index (χ4v) is 2.07. The van der Waals surface area contributed by atoms with E-state index in [-0.39, 0.29) is 19.0 Å². The molecule has 0 aliphatic carbocycles. The summed E-state index contributed by atoms with van der Waals surface area (Å²) >= 11 is 0. The molecular formula is C17H14O5. The number of Topliss-reactive ketones (excluding diaryl/α,β-unsaturated/α-hetero) is 1. The molecule has 0 amide bonds. The summed E-state index contributed by atoms with van der Waals surface area (Å²) in [4.78, 5) is 23.8. The molecule has 0 saturated carbocycles. The number of fused-ring (bicyclic) bond motifs is 1. The lowest BCUT2D eigenvalue weighted by Crippen LogP contribution is -2.38. The maximum Gasteiger partial charge on any atom is 0.351 e. The quantitative estimate of drug-likeness (QED) is 0.640. The molecule has 5 nitrogen and oxygen atoms in total. The van der Waals surface area contributed by atoms with Crippen LogP contribution in [-0.2, 0) is 9.53 Å². The van der Waals surface area contributed by atoms with Crippen LogP contribution in [0.5, 0.6) is 11.5 Å². The molecule has 0 fully saturated rings. The first-order chi connectivity index (χ1) is 10.7. The van der Waals surface area contributed by atoms with Crippen molar-refractivity contribution in [2.24, 2.45) is 0 Å². The second-order valence-corrected chi connectivity index (χ2v) is 4.76. The Kier molecular flexibility index (Phi) is 4.05. The number of ketones is 1. The highest BCUT2D eigenvalue weighted by Gasteiger charge is 2.29. The minimum Gasteiger partial charge on any atom is -0.485 e. The fraction of sp³-hybridized carbons (Fsp3) is 0.176. The molecule has 0 radical (unpaired) electrons. The summed E-state index contributed by atoms with van der Waals surface area (Å²) in [7, 11) is 0. The molecule has 22 heavy (non-hydrogen) atoms. The zero-order valence-electron chi connectivity index (χ0n) is 11.7. The molecule has 3 rings (SSSR count). The summed E-state index contributed by atoms with van der Waals surface area (Å²) in [6, 6.07) is 15.7. The third-order valence-corrected chi connectivity index (χ3v) is 3.21. The first kappa shape index (κ1) is 14.1. The Hall–Kier alpha value is -2.82. The van der Waals surface area contributed by atoms with Gasteiger partial charge in [-0.1, -0.05) is 42.5 Å².